The van der Waals surface area contributed by atoms with Gasteiger partial charge in [-0.2, -0.15) is 5.10 Å². The van der Waals surface area contributed by atoms with Gasteiger partial charge in [-0.05, 0) is 80.2 Å². The topological polar surface area (TPSA) is 91.9 Å². The molecule has 1 unspecified atom stereocenters. The molecule has 0 radical (unpaired) electrons. The van der Waals surface area contributed by atoms with Crippen molar-refractivity contribution in [2.45, 2.75) is 60.6 Å². The van der Waals surface area contributed by atoms with Crippen LogP contribution in [0.15, 0.2) is 53.6 Å². The predicted molar refractivity (Wildman–Crippen MR) is 128 cm³/mol. The fourth-order valence-corrected chi connectivity index (χ4v) is 7.68. The van der Waals surface area contributed by atoms with E-state index in [0.717, 1.165) is 41.3 Å². The Morgan fingerprint density at radius 2 is 1.67 bits per heavy atom. The van der Waals surface area contributed by atoms with Gasteiger partial charge in [0.2, 0.25) is 0 Å². The Hall–Kier alpha value is -2.51. The summed E-state index contributed by atoms with van der Waals surface area (Å²) < 4.78 is 26.8. The average Bonchev–Trinajstić information content (AvgIpc) is 3.57. The summed E-state index contributed by atoms with van der Waals surface area (Å²) in [4.78, 5) is 12.7. The van der Waals surface area contributed by atoms with Crippen LogP contribution in [-0.4, -0.2) is 41.7 Å². The van der Waals surface area contributed by atoms with Crippen molar-refractivity contribution in [1.82, 2.24) is 15.5 Å². The molecule has 1 saturated heterocycles. The number of H-pyrrole nitrogens is 1. The Balaban J connectivity index is 1.16. The summed E-state index contributed by atoms with van der Waals surface area (Å²) in [5, 5.41) is 11.2. The minimum atomic E-state index is -3.38. The zero-order chi connectivity index (χ0) is 22.6. The van der Waals surface area contributed by atoms with Crippen molar-refractivity contribution >= 4 is 26.5 Å². The van der Waals surface area contributed by atoms with E-state index in [1.165, 1.54) is 12.8 Å². The lowest BCUT2D eigenvalue weighted by Gasteiger charge is -2.45. The molecule has 2 heterocycles. The number of ketones is 1. The average molecular weight is 464 g/mol. The highest BCUT2D eigenvalue weighted by atomic mass is 32.2. The van der Waals surface area contributed by atoms with Gasteiger partial charge in [-0.1, -0.05) is 24.3 Å². The van der Waals surface area contributed by atoms with Gasteiger partial charge in [0.15, 0.2) is 9.84 Å². The third-order valence-corrected chi connectivity index (χ3v) is 10.4. The Kier molecular flexibility index (Phi) is 4.96. The van der Waals surface area contributed by atoms with Gasteiger partial charge in [-0.15, -0.1) is 0 Å². The summed E-state index contributed by atoms with van der Waals surface area (Å²) in [6.45, 7) is 0.449. The number of benzene rings is 2. The van der Waals surface area contributed by atoms with Gasteiger partial charge in [0.25, 0.3) is 0 Å². The molecule has 2 saturated carbocycles. The third kappa shape index (κ3) is 3.81. The summed E-state index contributed by atoms with van der Waals surface area (Å²) in [7, 11) is -3.38. The first-order valence-corrected chi connectivity index (χ1v) is 13.5. The van der Waals surface area contributed by atoms with Crippen LogP contribution >= 0.6 is 0 Å². The Labute approximate surface area is 194 Å². The van der Waals surface area contributed by atoms with Crippen molar-refractivity contribution in [3.05, 3.63) is 48.7 Å². The molecular weight excluding hydrogens is 434 g/mol. The maximum atomic E-state index is 13.4. The van der Waals surface area contributed by atoms with E-state index in [4.69, 9.17) is 0 Å². The minimum Gasteiger partial charge on any atom is -0.304 e. The zero-order valence-electron chi connectivity index (χ0n) is 18.6. The lowest BCUT2D eigenvalue weighted by Crippen LogP contribution is -2.57. The summed E-state index contributed by atoms with van der Waals surface area (Å²) in [5.74, 6) is 1.11. The lowest BCUT2D eigenvalue weighted by atomic mass is 9.71. The molecule has 3 aliphatic rings. The first-order chi connectivity index (χ1) is 15.9. The van der Waals surface area contributed by atoms with Crippen molar-refractivity contribution < 1.29 is 13.2 Å². The van der Waals surface area contributed by atoms with E-state index in [1.54, 1.807) is 18.3 Å². The quantitative estimate of drug-likeness (QED) is 0.603. The highest BCUT2D eigenvalue weighted by Crippen LogP contribution is 2.46. The molecule has 0 bridgehead atoms. The fraction of sp³-hybridized carbons (Fsp3) is 0.462. The first kappa shape index (κ1) is 21.1. The third-order valence-electron chi connectivity index (χ3n) is 8.14. The molecule has 172 valence electrons. The van der Waals surface area contributed by atoms with Crippen molar-refractivity contribution in [3.8, 4) is 11.1 Å². The van der Waals surface area contributed by atoms with Crippen LogP contribution in [-0.2, 0) is 14.6 Å². The number of sulfone groups is 1. The smallest absolute Gasteiger partial charge is 0.181 e. The SMILES string of the molecule is O=C1CNC2(CCC(S(=O)(=O)c3ccc(-c4ccc5cn[nH]c5c4)cc3)CC2)CC1C1CC1. The van der Waals surface area contributed by atoms with E-state index in [-0.39, 0.29) is 16.7 Å². The van der Waals surface area contributed by atoms with Crippen LogP contribution in [0.25, 0.3) is 22.0 Å². The number of nitrogens with zero attached hydrogens (tertiary/aromatic N) is 1. The van der Waals surface area contributed by atoms with Crippen LogP contribution in [0, 0.1) is 11.8 Å². The van der Waals surface area contributed by atoms with Crippen LogP contribution in [0.5, 0.6) is 0 Å². The van der Waals surface area contributed by atoms with Gasteiger partial charge >= 0.3 is 0 Å². The minimum absolute atomic E-state index is 0.0532. The molecule has 1 aliphatic heterocycles. The molecule has 7 heteroatoms. The van der Waals surface area contributed by atoms with E-state index >= 15 is 0 Å². The number of hydrogen-bond donors (Lipinski definition) is 2. The number of rotatable bonds is 4. The second-order valence-electron chi connectivity index (χ2n) is 10.2. The number of Topliss-reactive ketones (excluding diaryl/α,β-unsaturated/α-hetero) is 1. The van der Waals surface area contributed by atoms with Crippen molar-refractivity contribution in [3.63, 3.8) is 0 Å². The van der Waals surface area contributed by atoms with Gasteiger partial charge in [0.05, 0.1) is 28.4 Å². The van der Waals surface area contributed by atoms with E-state index < -0.39 is 9.84 Å². The highest BCUT2D eigenvalue weighted by molar-refractivity contribution is 7.92. The molecule has 2 aliphatic carbocycles. The Bertz CT molecular complexity index is 1300. The molecule has 6 nitrogen and oxygen atoms in total. The fourth-order valence-electron chi connectivity index (χ4n) is 5.92. The van der Waals surface area contributed by atoms with Crippen LogP contribution in [0.4, 0.5) is 0 Å². The molecule has 3 fully saturated rings. The molecule has 0 amide bonds. The van der Waals surface area contributed by atoms with Crippen LogP contribution in [0.1, 0.15) is 44.9 Å². The second kappa shape index (κ2) is 7.77. The normalized spacial score (nSPS) is 28.4. The van der Waals surface area contributed by atoms with E-state index in [0.29, 0.717) is 36.0 Å². The molecule has 3 aromatic rings. The molecule has 1 atom stereocenters. The maximum absolute atomic E-state index is 13.4. The number of carbonyl (C=O) groups is 1. The van der Waals surface area contributed by atoms with Gasteiger partial charge < -0.3 is 5.32 Å². The number of fused-ring (bicyclic) bond motifs is 1. The van der Waals surface area contributed by atoms with E-state index in [9.17, 15) is 13.2 Å². The number of aromatic nitrogens is 2. The van der Waals surface area contributed by atoms with Crippen LogP contribution in [0.3, 0.4) is 0 Å². The summed E-state index contributed by atoms with van der Waals surface area (Å²) in [6.07, 6.45) is 7.99. The molecule has 1 aromatic heterocycles. The summed E-state index contributed by atoms with van der Waals surface area (Å²) >= 11 is 0. The van der Waals surface area contributed by atoms with Gasteiger partial charge in [0.1, 0.15) is 5.78 Å². The number of carbonyl (C=O) groups excluding carboxylic acids is 1. The largest absolute Gasteiger partial charge is 0.304 e. The highest BCUT2D eigenvalue weighted by Gasteiger charge is 2.48. The second-order valence-corrected chi connectivity index (χ2v) is 12.4. The Morgan fingerprint density at radius 1 is 0.939 bits per heavy atom. The number of aromatic amines is 1. The monoisotopic (exact) mass is 463 g/mol. The maximum Gasteiger partial charge on any atom is 0.181 e. The van der Waals surface area contributed by atoms with E-state index in [2.05, 4.69) is 15.5 Å². The van der Waals surface area contributed by atoms with Crippen LogP contribution in [0.2, 0.25) is 0 Å². The zero-order valence-corrected chi connectivity index (χ0v) is 19.4. The predicted octanol–water partition coefficient (Wildman–Crippen LogP) is 4.27. The molecule has 1 spiro atoms. The van der Waals surface area contributed by atoms with Gasteiger partial charge in [-0.25, -0.2) is 8.42 Å². The van der Waals surface area contributed by atoms with Crippen molar-refractivity contribution in [2.75, 3.05) is 6.54 Å². The van der Waals surface area contributed by atoms with Crippen LogP contribution < -0.4 is 5.32 Å². The molecular formula is C26H29N3O3S. The van der Waals surface area contributed by atoms with E-state index in [1.807, 2.05) is 30.3 Å². The summed E-state index contributed by atoms with van der Waals surface area (Å²) in [6, 6.07) is 13.3. The Morgan fingerprint density at radius 3 is 2.39 bits per heavy atom. The van der Waals surface area contributed by atoms with Crippen molar-refractivity contribution in [1.29, 1.82) is 0 Å². The number of hydrogen-bond acceptors (Lipinski definition) is 5. The molecule has 2 aromatic carbocycles. The number of nitrogens with one attached hydrogen (secondary N) is 2. The van der Waals surface area contributed by atoms with Gasteiger partial charge in [-0.3, -0.25) is 9.89 Å². The lowest BCUT2D eigenvalue weighted by molar-refractivity contribution is -0.126. The first-order valence-electron chi connectivity index (χ1n) is 12.0. The van der Waals surface area contributed by atoms with Crippen molar-refractivity contribution in [2.24, 2.45) is 11.8 Å². The number of piperidine rings is 1. The molecule has 2 N–H and O–H groups in total. The standard InChI is InChI=1S/C26H29N3O3S/c30-25-16-27-26(14-23(25)18-1-2-18)11-9-22(10-12-26)33(31,32)21-7-5-17(6-8-21)19-3-4-20-15-28-29-24(20)13-19/h3-8,13,15,18,22-23,27H,1-2,9-12,14,16H2,(H,28,29). The summed E-state index contributed by atoms with van der Waals surface area (Å²) in [5.41, 5.74) is 2.92. The molecule has 33 heavy (non-hydrogen) atoms. The molecule has 6 rings (SSSR count). The van der Waals surface area contributed by atoms with Gasteiger partial charge in [0, 0.05) is 16.8 Å².